The fourth-order valence-corrected chi connectivity index (χ4v) is 1.85. The Bertz CT molecular complexity index is 428. The highest BCUT2D eigenvalue weighted by atomic mass is 19.4. The van der Waals surface area contributed by atoms with E-state index < -0.39 is 11.7 Å². The van der Waals surface area contributed by atoms with E-state index in [1.165, 1.54) is 12.1 Å². The van der Waals surface area contributed by atoms with Crippen LogP contribution in [0, 0.1) is 0 Å². The number of rotatable bonds is 3. The van der Waals surface area contributed by atoms with E-state index in [2.05, 4.69) is 10.6 Å². The molecule has 1 saturated heterocycles. The summed E-state index contributed by atoms with van der Waals surface area (Å²) in [5.41, 5.74) is -0.0497. The van der Waals surface area contributed by atoms with Gasteiger partial charge in [0.1, 0.15) is 0 Å². The highest BCUT2D eigenvalue weighted by Gasteiger charge is 2.30. The Hall–Kier alpha value is -1.72. The maximum absolute atomic E-state index is 12.3. The standard InChI is InChI=1S/C12H13F3N2O/c13-12(14,15)8-1-3-9(4-2-8)16-7-10-5-6-11(18)17-10/h1-4,10,16H,5-7H2,(H,17,18)/t10-/m0/s1. The Morgan fingerprint density at radius 3 is 2.44 bits per heavy atom. The molecule has 1 amide bonds. The van der Waals surface area contributed by atoms with Crippen molar-refractivity contribution in [1.82, 2.24) is 5.32 Å². The van der Waals surface area contributed by atoms with Gasteiger partial charge < -0.3 is 10.6 Å². The van der Waals surface area contributed by atoms with Crippen molar-refractivity contribution in [2.45, 2.75) is 25.1 Å². The first-order valence-electron chi connectivity index (χ1n) is 5.65. The number of hydrogen-bond donors (Lipinski definition) is 2. The van der Waals surface area contributed by atoms with Crippen molar-refractivity contribution in [2.24, 2.45) is 0 Å². The number of halogens is 3. The van der Waals surface area contributed by atoms with Gasteiger partial charge in [-0.1, -0.05) is 0 Å². The number of carbonyl (C=O) groups is 1. The number of hydrogen-bond acceptors (Lipinski definition) is 2. The summed E-state index contributed by atoms with van der Waals surface area (Å²) in [6.45, 7) is 0.525. The zero-order valence-electron chi connectivity index (χ0n) is 9.55. The maximum atomic E-state index is 12.3. The average Bonchev–Trinajstić information content (AvgIpc) is 2.72. The molecule has 0 bridgehead atoms. The molecule has 0 aromatic heterocycles. The van der Waals surface area contributed by atoms with Crippen LogP contribution in [0.2, 0.25) is 0 Å². The summed E-state index contributed by atoms with van der Waals surface area (Å²) < 4.78 is 37.0. The molecule has 6 heteroatoms. The van der Waals surface area contributed by atoms with E-state index in [4.69, 9.17) is 0 Å². The van der Waals surface area contributed by atoms with Crippen molar-refractivity contribution >= 4 is 11.6 Å². The molecule has 0 spiro atoms. The molecule has 1 aliphatic heterocycles. The maximum Gasteiger partial charge on any atom is 0.416 e. The smallest absolute Gasteiger partial charge is 0.383 e. The number of benzene rings is 1. The third-order valence-electron chi connectivity index (χ3n) is 2.85. The van der Waals surface area contributed by atoms with Gasteiger partial charge in [0.25, 0.3) is 0 Å². The molecular weight excluding hydrogens is 245 g/mol. The van der Waals surface area contributed by atoms with Crippen molar-refractivity contribution in [3.8, 4) is 0 Å². The van der Waals surface area contributed by atoms with E-state index in [9.17, 15) is 18.0 Å². The first-order valence-corrected chi connectivity index (χ1v) is 5.65. The lowest BCUT2D eigenvalue weighted by atomic mass is 10.2. The monoisotopic (exact) mass is 258 g/mol. The van der Waals surface area contributed by atoms with Crippen LogP contribution in [0.5, 0.6) is 0 Å². The van der Waals surface area contributed by atoms with Crippen LogP contribution in [0.4, 0.5) is 18.9 Å². The first-order chi connectivity index (χ1) is 8.45. The second-order valence-corrected chi connectivity index (χ2v) is 4.26. The minimum Gasteiger partial charge on any atom is -0.383 e. The molecule has 98 valence electrons. The molecule has 0 radical (unpaired) electrons. The zero-order chi connectivity index (χ0) is 13.2. The Kier molecular flexibility index (Phi) is 3.45. The van der Waals surface area contributed by atoms with Crippen molar-refractivity contribution in [3.63, 3.8) is 0 Å². The molecule has 1 heterocycles. The SMILES string of the molecule is O=C1CC[C@@H](CNc2ccc(C(F)(F)F)cc2)N1. The highest BCUT2D eigenvalue weighted by molar-refractivity contribution is 5.78. The normalized spacial score (nSPS) is 19.7. The lowest BCUT2D eigenvalue weighted by Gasteiger charge is -2.13. The molecule has 18 heavy (non-hydrogen) atoms. The van der Waals surface area contributed by atoms with Gasteiger partial charge in [0.05, 0.1) is 5.56 Å². The Morgan fingerprint density at radius 1 is 1.28 bits per heavy atom. The summed E-state index contributed by atoms with van der Waals surface area (Å²) in [5, 5.41) is 5.78. The summed E-state index contributed by atoms with van der Waals surface area (Å²) in [4.78, 5) is 11.0. The van der Waals surface area contributed by atoms with Crippen molar-refractivity contribution in [2.75, 3.05) is 11.9 Å². The van der Waals surface area contributed by atoms with Gasteiger partial charge in [0.2, 0.25) is 5.91 Å². The van der Waals surface area contributed by atoms with Crippen LogP contribution in [-0.4, -0.2) is 18.5 Å². The summed E-state index contributed by atoms with van der Waals surface area (Å²) >= 11 is 0. The molecule has 3 nitrogen and oxygen atoms in total. The predicted octanol–water partition coefficient (Wildman–Crippen LogP) is 2.40. The number of carbonyl (C=O) groups excluding carboxylic acids is 1. The fourth-order valence-electron chi connectivity index (χ4n) is 1.85. The average molecular weight is 258 g/mol. The lowest BCUT2D eigenvalue weighted by Crippen LogP contribution is -2.31. The van der Waals surface area contributed by atoms with Crippen LogP contribution >= 0.6 is 0 Å². The largest absolute Gasteiger partial charge is 0.416 e. The van der Waals surface area contributed by atoms with Crippen LogP contribution in [0.25, 0.3) is 0 Å². The molecule has 1 atom stereocenters. The van der Waals surface area contributed by atoms with E-state index in [0.717, 1.165) is 18.6 Å². The minimum absolute atomic E-state index is 0.0224. The number of nitrogens with one attached hydrogen (secondary N) is 2. The van der Waals surface area contributed by atoms with Gasteiger partial charge in [-0.15, -0.1) is 0 Å². The second-order valence-electron chi connectivity index (χ2n) is 4.26. The van der Waals surface area contributed by atoms with Gasteiger partial charge >= 0.3 is 6.18 Å². The third kappa shape index (κ3) is 3.15. The first kappa shape index (κ1) is 12.7. The summed E-state index contributed by atoms with van der Waals surface area (Å²) in [5.74, 6) is 0.0224. The van der Waals surface area contributed by atoms with Crippen molar-refractivity contribution < 1.29 is 18.0 Å². The van der Waals surface area contributed by atoms with Crippen LogP contribution < -0.4 is 10.6 Å². The molecule has 0 unspecified atom stereocenters. The topological polar surface area (TPSA) is 41.1 Å². The molecular formula is C12H13F3N2O. The quantitative estimate of drug-likeness (QED) is 0.874. The number of alkyl halides is 3. The second kappa shape index (κ2) is 4.88. The Morgan fingerprint density at radius 2 is 1.94 bits per heavy atom. The van der Waals surface area contributed by atoms with Crippen LogP contribution in [0.1, 0.15) is 18.4 Å². The molecule has 1 aliphatic rings. The van der Waals surface area contributed by atoms with E-state index in [0.29, 0.717) is 18.7 Å². The summed E-state index contributed by atoms with van der Waals surface area (Å²) in [6.07, 6.45) is -3.04. The Labute approximate surface area is 102 Å². The van der Waals surface area contributed by atoms with Crippen LogP contribution in [0.3, 0.4) is 0 Å². The predicted molar refractivity (Wildman–Crippen MR) is 61.1 cm³/mol. The van der Waals surface area contributed by atoms with Gasteiger partial charge in [-0.3, -0.25) is 4.79 Å². The van der Waals surface area contributed by atoms with Gasteiger partial charge in [-0.2, -0.15) is 13.2 Å². The highest BCUT2D eigenvalue weighted by Crippen LogP contribution is 2.29. The number of amides is 1. The third-order valence-corrected chi connectivity index (χ3v) is 2.85. The molecule has 1 aromatic carbocycles. The molecule has 2 rings (SSSR count). The van der Waals surface area contributed by atoms with E-state index in [1.807, 2.05) is 0 Å². The van der Waals surface area contributed by atoms with Crippen molar-refractivity contribution in [3.05, 3.63) is 29.8 Å². The van der Waals surface area contributed by atoms with Crippen molar-refractivity contribution in [1.29, 1.82) is 0 Å². The summed E-state index contributed by atoms with van der Waals surface area (Å²) in [7, 11) is 0. The number of anilines is 1. The fraction of sp³-hybridized carbons (Fsp3) is 0.417. The van der Waals surface area contributed by atoms with Crippen LogP contribution in [-0.2, 0) is 11.0 Å². The molecule has 0 saturated carbocycles. The Balaban J connectivity index is 1.89. The zero-order valence-corrected chi connectivity index (χ0v) is 9.55. The van der Waals surface area contributed by atoms with Crippen LogP contribution in [0.15, 0.2) is 24.3 Å². The van der Waals surface area contributed by atoms with Gasteiger partial charge in [0.15, 0.2) is 0 Å². The van der Waals surface area contributed by atoms with Gasteiger partial charge in [0, 0.05) is 24.7 Å². The van der Waals surface area contributed by atoms with E-state index in [1.54, 1.807) is 0 Å². The van der Waals surface area contributed by atoms with Gasteiger partial charge in [-0.05, 0) is 30.7 Å². The molecule has 1 aromatic rings. The molecule has 0 aliphatic carbocycles. The molecule has 1 fully saturated rings. The van der Waals surface area contributed by atoms with Gasteiger partial charge in [-0.25, -0.2) is 0 Å². The minimum atomic E-state index is -4.31. The van der Waals surface area contributed by atoms with E-state index in [-0.39, 0.29) is 11.9 Å². The molecule has 2 N–H and O–H groups in total. The lowest BCUT2D eigenvalue weighted by molar-refractivity contribution is -0.137. The summed E-state index contributed by atoms with van der Waals surface area (Å²) in [6, 6.07) is 4.91. The van der Waals surface area contributed by atoms with E-state index >= 15 is 0 Å².